The van der Waals surface area contributed by atoms with Gasteiger partial charge in [0.2, 0.25) is 5.91 Å². The number of carbonyl (C=O) groups is 1. The summed E-state index contributed by atoms with van der Waals surface area (Å²) in [6.07, 6.45) is 0. The van der Waals surface area contributed by atoms with Crippen LogP contribution in [0.15, 0.2) is 42.5 Å². The Kier molecular flexibility index (Phi) is 4.32. The van der Waals surface area contributed by atoms with Crippen molar-refractivity contribution < 1.29 is 4.79 Å². The van der Waals surface area contributed by atoms with Crippen LogP contribution in [-0.4, -0.2) is 41.4 Å². The highest BCUT2D eigenvalue weighted by Gasteiger charge is 2.13. The lowest BCUT2D eigenvalue weighted by molar-refractivity contribution is -0.116. The van der Waals surface area contributed by atoms with Crippen LogP contribution in [0.25, 0.3) is 22.4 Å². The van der Waals surface area contributed by atoms with Crippen molar-refractivity contribution in [3.63, 3.8) is 0 Å². The Labute approximate surface area is 139 Å². The first kappa shape index (κ1) is 15.5. The fraction of sp³-hybridized carbons (Fsp3) is 0.176. The number of aromatic nitrogens is 2. The minimum atomic E-state index is -0.0883. The van der Waals surface area contributed by atoms with Crippen molar-refractivity contribution >= 4 is 34.2 Å². The molecule has 0 aliphatic rings. The quantitative estimate of drug-likeness (QED) is 0.771. The highest BCUT2D eigenvalue weighted by Crippen LogP contribution is 2.30. The summed E-state index contributed by atoms with van der Waals surface area (Å²) in [5.41, 5.74) is 3.25. The maximum absolute atomic E-state index is 12.0. The third-order valence-corrected chi connectivity index (χ3v) is 3.60. The second kappa shape index (κ2) is 6.40. The van der Waals surface area contributed by atoms with Gasteiger partial charge in [0.25, 0.3) is 0 Å². The molecule has 0 fully saturated rings. The number of benzene rings is 2. The number of amides is 1. The molecule has 0 aliphatic carbocycles. The van der Waals surface area contributed by atoms with Crippen molar-refractivity contribution in [1.82, 2.24) is 14.9 Å². The number of carbonyl (C=O) groups excluding carboxylic acids is 1. The van der Waals surface area contributed by atoms with Crippen LogP contribution in [0.3, 0.4) is 0 Å². The van der Waals surface area contributed by atoms with E-state index in [4.69, 9.17) is 11.6 Å². The van der Waals surface area contributed by atoms with Gasteiger partial charge in [0.1, 0.15) is 5.82 Å². The monoisotopic (exact) mass is 328 g/mol. The van der Waals surface area contributed by atoms with Gasteiger partial charge in [-0.3, -0.25) is 4.79 Å². The van der Waals surface area contributed by atoms with Gasteiger partial charge in [0.05, 0.1) is 23.3 Å². The maximum atomic E-state index is 12.0. The van der Waals surface area contributed by atoms with Gasteiger partial charge in [-0.25, -0.2) is 4.98 Å². The molecule has 3 aromatic rings. The average Bonchev–Trinajstić information content (AvgIpc) is 2.92. The van der Waals surface area contributed by atoms with E-state index in [1.54, 1.807) is 18.2 Å². The van der Waals surface area contributed by atoms with Crippen LogP contribution in [0.5, 0.6) is 0 Å². The van der Waals surface area contributed by atoms with Crippen LogP contribution in [0.2, 0.25) is 5.02 Å². The number of anilines is 1. The Hall–Kier alpha value is -2.37. The third kappa shape index (κ3) is 3.52. The van der Waals surface area contributed by atoms with E-state index in [9.17, 15) is 4.79 Å². The van der Waals surface area contributed by atoms with Crippen molar-refractivity contribution in [2.45, 2.75) is 0 Å². The van der Waals surface area contributed by atoms with Gasteiger partial charge < -0.3 is 15.2 Å². The summed E-state index contributed by atoms with van der Waals surface area (Å²) in [4.78, 5) is 21.7. The average molecular weight is 329 g/mol. The van der Waals surface area contributed by atoms with E-state index in [-0.39, 0.29) is 5.91 Å². The molecule has 0 aliphatic heterocycles. The molecule has 1 amide bonds. The SMILES string of the molecule is CN(C)CC(=O)Nc1ccc(Cl)cc1-c1nc2ccccc2[nH]1. The first-order valence-electron chi connectivity index (χ1n) is 7.22. The normalized spacial score (nSPS) is 11.1. The van der Waals surface area contributed by atoms with Gasteiger partial charge in [0, 0.05) is 10.6 Å². The number of rotatable bonds is 4. The van der Waals surface area contributed by atoms with Gasteiger partial charge in [0.15, 0.2) is 0 Å². The fourth-order valence-electron chi connectivity index (χ4n) is 2.38. The number of fused-ring (bicyclic) bond motifs is 1. The predicted molar refractivity (Wildman–Crippen MR) is 93.7 cm³/mol. The molecule has 2 N–H and O–H groups in total. The van der Waals surface area contributed by atoms with E-state index >= 15 is 0 Å². The van der Waals surface area contributed by atoms with Crippen molar-refractivity contribution in [3.8, 4) is 11.4 Å². The Bertz CT molecular complexity index is 824. The summed E-state index contributed by atoms with van der Waals surface area (Å²) < 4.78 is 0. The number of imidazole rings is 1. The summed E-state index contributed by atoms with van der Waals surface area (Å²) in [5.74, 6) is 0.587. The molecule has 0 radical (unpaired) electrons. The molecule has 6 heteroatoms. The molecule has 118 valence electrons. The van der Waals surface area contributed by atoms with Gasteiger partial charge in [-0.15, -0.1) is 0 Å². The number of aromatic amines is 1. The molecule has 0 spiro atoms. The van der Waals surface area contributed by atoms with Crippen LogP contribution in [0.4, 0.5) is 5.69 Å². The largest absolute Gasteiger partial charge is 0.338 e. The molecule has 2 aromatic carbocycles. The molecule has 23 heavy (non-hydrogen) atoms. The summed E-state index contributed by atoms with van der Waals surface area (Å²) in [6, 6.07) is 13.1. The molecule has 0 saturated heterocycles. The van der Waals surface area contributed by atoms with E-state index in [1.165, 1.54) is 0 Å². The third-order valence-electron chi connectivity index (χ3n) is 3.36. The maximum Gasteiger partial charge on any atom is 0.238 e. The lowest BCUT2D eigenvalue weighted by Gasteiger charge is -2.13. The molecular weight excluding hydrogens is 312 g/mol. The van der Waals surface area contributed by atoms with Crippen molar-refractivity contribution in [3.05, 3.63) is 47.5 Å². The van der Waals surface area contributed by atoms with Gasteiger partial charge in [-0.05, 0) is 44.4 Å². The van der Waals surface area contributed by atoms with Crippen LogP contribution >= 0.6 is 11.6 Å². The van der Waals surface area contributed by atoms with Crippen LogP contribution in [0, 0.1) is 0 Å². The van der Waals surface area contributed by atoms with E-state index in [2.05, 4.69) is 15.3 Å². The molecule has 1 heterocycles. The minimum absolute atomic E-state index is 0.0883. The molecule has 5 nitrogen and oxygen atoms in total. The first-order valence-corrected chi connectivity index (χ1v) is 7.60. The lowest BCUT2D eigenvalue weighted by atomic mass is 10.1. The Morgan fingerprint density at radius 3 is 2.78 bits per heavy atom. The Balaban J connectivity index is 2.00. The molecule has 0 unspecified atom stereocenters. The smallest absolute Gasteiger partial charge is 0.238 e. The molecule has 0 atom stereocenters. The second-order valence-electron chi connectivity index (χ2n) is 5.58. The van der Waals surface area contributed by atoms with Crippen molar-refractivity contribution in [2.24, 2.45) is 0 Å². The van der Waals surface area contributed by atoms with Crippen LogP contribution in [0.1, 0.15) is 0 Å². The van der Waals surface area contributed by atoms with E-state index < -0.39 is 0 Å². The highest BCUT2D eigenvalue weighted by molar-refractivity contribution is 6.31. The number of para-hydroxylation sites is 2. The van der Waals surface area contributed by atoms with E-state index in [0.29, 0.717) is 23.1 Å². The molecule has 0 bridgehead atoms. The number of likely N-dealkylation sites (N-methyl/N-ethyl adjacent to an activating group) is 1. The van der Waals surface area contributed by atoms with Gasteiger partial charge in [-0.1, -0.05) is 23.7 Å². The zero-order chi connectivity index (χ0) is 16.4. The molecule has 3 rings (SSSR count). The Morgan fingerprint density at radius 1 is 1.26 bits per heavy atom. The number of hydrogen-bond donors (Lipinski definition) is 2. The van der Waals surface area contributed by atoms with Crippen LogP contribution in [-0.2, 0) is 4.79 Å². The fourth-order valence-corrected chi connectivity index (χ4v) is 2.55. The summed E-state index contributed by atoms with van der Waals surface area (Å²) >= 11 is 6.12. The number of nitrogens with zero attached hydrogens (tertiary/aromatic N) is 2. The zero-order valence-electron chi connectivity index (χ0n) is 12.9. The van der Waals surface area contributed by atoms with Crippen molar-refractivity contribution in [2.75, 3.05) is 26.0 Å². The number of hydrogen-bond acceptors (Lipinski definition) is 3. The zero-order valence-corrected chi connectivity index (χ0v) is 13.7. The van der Waals surface area contributed by atoms with Crippen molar-refractivity contribution in [1.29, 1.82) is 0 Å². The molecule has 0 saturated carbocycles. The van der Waals surface area contributed by atoms with Gasteiger partial charge >= 0.3 is 0 Å². The highest BCUT2D eigenvalue weighted by atomic mass is 35.5. The predicted octanol–water partition coefficient (Wildman–Crippen LogP) is 3.38. The van der Waals surface area contributed by atoms with Gasteiger partial charge in [-0.2, -0.15) is 0 Å². The Morgan fingerprint density at radius 2 is 2.04 bits per heavy atom. The standard InChI is InChI=1S/C17H17ClN4O/c1-22(2)10-16(23)19-13-8-7-11(18)9-12(13)17-20-14-5-3-4-6-15(14)21-17/h3-9H,10H2,1-2H3,(H,19,23)(H,20,21). The minimum Gasteiger partial charge on any atom is -0.338 e. The summed E-state index contributed by atoms with van der Waals surface area (Å²) in [6.45, 7) is 0.308. The topological polar surface area (TPSA) is 61.0 Å². The number of H-pyrrole nitrogens is 1. The van der Waals surface area contributed by atoms with Crippen LogP contribution < -0.4 is 5.32 Å². The summed E-state index contributed by atoms with van der Waals surface area (Å²) in [7, 11) is 3.70. The number of nitrogens with one attached hydrogen (secondary N) is 2. The first-order chi connectivity index (χ1) is 11.0. The molecule has 1 aromatic heterocycles. The summed E-state index contributed by atoms with van der Waals surface area (Å²) in [5, 5.41) is 3.50. The molecular formula is C17H17ClN4O. The lowest BCUT2D eigenvalue weighted by Crippen LogP contribution is -2.27. The number of halogens is 1. The van der Waals surface area contributed by atoms with E-state index in [0.717, 1.165) is 16.6 Å². The van der Waals surface area contributed by atoms with E-state index in [1.807, 2.05) is 43.3 Å². The second-order valence-corrected chi connectivity index (χ2v) is 6.01.